The molecule has 0 atom stereocenters. The molecule has 1 heterocycles. The van der Waals surface area contributed by atoms with Gasteiger partial charge in [-0.3, -0.25) is 9.78 Å². The van der Waals surface area contributed by atoms with Gasteiger partial charge in [0.2, 0.25) is 0 Å². The first-order valence-electron chi connectivity index (χ1n) is 6.29. The lowest BCUT2D eigenvalue weighted by Crippen LogP contribution is -2.16. The molecule has 1 amide bonds. The van der Waals surface area contributed by atoms with E-state index in [1.54, 1.807) is 37.3 Å². The highest BCUT2D eigenvalue weighted by Gasteiger charge is 2.15. The normalized spacial score (nSPS) is 10.1. The maximum atomic E-state index is 14.0. The van der Waals surface area contributed by atoms with Gasteiger partial charge in [-0.05, 0) is 18.2 Å². The smallest absolute Gasteiger partial charge is 0.258 e. The molecule has 21 heavy (non-hydrogen) atoms. The number of nitrogens with zero attached hydrogens (tertiary/aromatic N) is 2. The minimum atomic E-state index is -0.582. The minimum absolute atomic E-state index is 0.0356. The van der Waals surface area contributed by atoms with Crippen molar-refractivity contribution in [1.82, 2.24) is 4.98 Å². The summed E-state index contributed by atoms with van der Waals surface area (Å²) >= 11 is 0. The Morgan fingerprint density at radius 2 is 2.10 bits per heavy atom. The van der Waals surface area contributed by atoms with Gasteiger partial charge in [-0.2, -0.15) is 0 Å². The predicted molar refractivity (Wildman–Crippen MR) is 79.5 cm³/mol. The zero-order valence-electron chi connectivity index (χ0n) is 12.1. The van der Waals surface area contributed by atoms with Crippen molar-refractivity contribution >= 4 is 17.3 Å². The summed E-state index contributed by atoms with van der Waals surface area (Å²) in [4.78, 5) is 17.8. The SMILES string of the molecule is COc1ccncc1NC(=O)c1ccc(N(C)C)cc1F. The first kappa shape index (κ1) is 14.8. The lowest BCUT2D eigenvalue weighted by atomic mass is 10.1. The molecule has 2 rings (SSSR count). The predicted octanol–water partition coefficient (Wildman–Crippen LogP) is 2.55. The van der Waals surface area contributed by atoms with Crippen molar-refractivity contribution in [3.63, 3.8) is 0 Å². The second-order valence-electron chi connectivity index (χ2n) is 4.59. The molecule has 0 radical (unpaired) electrons. The number of carbonyl (C=O) groups is 1. The van der Waals surface area contributed by atoms with E-state index >= 15 is 0 Å². The van der Waals surface area contributed by atoms with Crippen LogP contribution in [0.5, 0.6) is 5.75 Å². The van der Waals surface area contributed by atoms with Crippen LogP contribution in [-0.4, -0.2) is 32.1 Å². The number of hydrogen-bond acceptors (Lipinski definition) is 4. The van der Waals surface area contributed by atoms with Crippen LogP contribution in [0.15, 0.2) is 36.7 Å². The summed E-state index contributed by atoms with van der Waals surface area (Å²) in [6.45, 7) is 0. The van der Waals surface area contributed by atoms with Crippen LogP contribution in [0.25, 0.3) is 0 Å². The zero-order chi connectivity index (χ0) is 15.4. The highest BCUT2D eigenvalue weighted by molar-refractivity contribution is 6.05. The number of ether oxygens (including phenoxy) is 1. The Morgan fingerprint density at radius 3 is 2.71 bits per heavy atom. The van der Waals surface area contributed by atoms with Gasteiger partial charge in [0.25, 0.3) is 5.91 Å². The number of rotatable bonds is 4. The molecule has 6 heteroatoms. The van der Waals surface area contributed by atoms with Crippen LogP contribution in [-0.2, 0) is 0 Å². The number of anilines is 2. The third-order valence-corrected chi connectivity index (χ3v) is 2.96. The quantitative estimate of drug-likeness (QED) is 0.940. The lowest BCUT2D eigenvalue weighted by molar-refractivity contribution is 0.102. The molecule has 0 unspecified atom stereocenters. The highest BCUT2D eigenvalue weighted by atomic mass is 19.1. The van der Waals surface area contributed by atoms with Gasteiger partial charge < -0.3 is 15.0 Å². The Balaban J connectivity index is 2.24. The Hall–Kier alpha value is -2.63. The van der Waals surface area contributed by atoms with Crippen molar-refractivity contribution < 1.29 is 13.9 Å². The molecule has 0 fully saturated rings. The van der Waals surface area contributed by atoms with Gasteiger partial charge in [0.15, 0.2) is 0 Å². The summed E-state index contributed by atoms with van der Waals surface area (Å²) in [6, 6.07) is 6.05. The molecule has 1 aromatic heterocycles. The fraction of sp³-hybridized carbons (Fsp3) is 0.200. The monoisotopic (exact) mass is 289 g/mol. The van der Waals surface area contributed by atoms with Gasteiger partial charge in [-0.25, -0.2) is 4.39 Å². The van der Waals surface area contributed by atoms with E-state index in [0.29, 0.717) is 17.1 Å². The van der Waals surface area contributed by atoms with Crippen LogP contribution in [0.1, 0.15) is 10.4 Å². The van der Waals surface area contributed by atoms with Crippen LogP contribution in [0.4, 0.5) is 15.8 Å². The van der Waals surface area contributed by atoms with E-state index in [2.05, 4.69) is 10.3 Å². The maximum absolute atomic E-state index is 14.0. The molecule has 110 valence electrons. The zero-order valence-corrected chi connectivity index (χ0v) is 12.1. The lowest BCUT2D eigenvalue weighted by Gasteiger charge is -2.14. The van der Waals surface area contributed by atoms with Gasteiger partial charge in [-0.1, -0.05) is 0 Å². The van der Waals surface area contributed by atoms with Crippen LogP contribution in [0.2, 0.25) is 0 Å². The van der Waals surface area contributed by atoms with Crippen molar-refractivity contribution in [3.8, 4) is 5.75 Å². The van der Waals surface area contributed by atoms with E-state index in [1.807, 2.05) is 0 Å². The van der Waals surface area contributed by atoms with E-state index < -0.39 is 11.7 Å². The molecule has 0 bridgehead atoms. The fourth-order valence-electron chi connectivity index (χ4n) is 1.81. The summed E-state index contributed by atoms with van der Waals surface area (Å²) in [7, 11) is 5.08. The molecule has 5 nitrogen and oxygen atoms in total. The van der Waals surface area contributed by atoms with E-state index in [1.165, 1.54) is 25.4 Å². The van der Waals surface area contributed by atoms with E-state index in [-0.39, 0.29) is 5.56 Å². The van der Waals surface area contributed by atoms with Gasteiger partial charge in [0.05, 0.1) is 18.9 Å². The van der Waals surface area contributed by atoms with Crippen molar-refractivity contribution in [2.24, 2.45) is 0 Å². The van der Waals surface area contributed by atoms with Gasteiger partial charge in [-0.15, -0.1) is 0 Å². The maximum Gasteiger partial charge on any atom is 0.258 e. The Bertz CT molecular complexity index is 659. The van der Waals surface area contributed by atoms with Crippen molar-refractivity contribution in [3.05, 3.63) is 48.0 Å². The third kappa shape index (κ3) is 3.28. The second-order valence-corrected chi connectivity index (χ2v) is 4.59. The molecule has 0 spiro atoms. The largest absolute Gasteiger partial charge is 0.494 e. The molecule has 2 aromatic rings. The van der Waals surface area contributed by atoms with Crippen molar-refractivity contribution in [1.29, 1.82) is 0 Å². The summed E-state index contributed by atoms with van der Waals surface area (Å²) < 4.78 is 19.1. The van der Waals surface area contributed by atoms with Crippen LogP contribution < -0.4 is 15.0 Å². The number of nitrogens with one attached hydrogen (secondary N) is 1. The van der Waals surface area contributed by atoms with Gasteiger partial charge in [0.1, 0.15) is 17.3 Å². The number of aromatic nitrogens is 1. The number of pyridine rings is 1. The highest BCUT2D eigenvalue weighted by Crippen LogP contribution is 2.23. The Labute approximate surface area is 122 Å². The van der Waals surface area contributed by atoms with Crippen molar-refractivity contribution in [2.45, 2.75) is 0 Å². The molecule has 1 aromatic carbocycles. The summed E-state index contributed by atoms with van der Waals surface area (Å²) in [5.41, 5.74) is 1.04. The molecule has 0 saturated heterocycles. The average molecular weight is 289 g/mol. The van der Waals surface area contributed by atoms with Crippen molar-refractivity contribution in [2.75, 3.05) is 31.4 Å². The second kappa shape index (κ2) is 6.21. The topological polar surface area (TPSA) is 54.5 Å². The molecule has 1 N–H and O–H groups in total. The molecule has 0 aliphatic heterocycles. The minimum Gasteiger partial charge on any atom is -0.494 e. The molecule has 0 aliphatic rings. The molecule has 0 aliphatic carbocycles. The number of halogens is 1. The van der Waals surface area contributed by atoms with Gasteiger partial charge in [0, 0.05) is 32.0 Å². The standard InChI is InChI=1S/C15H16FN3O2/c1-19(2)10-4-5-11(12(16)8-10)15(20)18-13-9-17-7-6-14(13)21-3/h4-9H,1-3H3,(H,18,20). The number of carbonyl (C=O) groups excluding carboxylic acids is 1. The Kier molecular flexibility index (Phi) is 4.37. The van der Waals surface area contributed by atoms with Crippen LogP contribution >= 0.6 is 0 Å². The number of amides is 1. The van der Waals surface area contributed by atoms with E-state index in [9.17, 15) is 9.18 Å². The summed E-state index contributed by atoms with van der Waals surface area (Å²) in [6.07, 6.45) is 2.99. The fourth-order valence-corrected chi connectivity index (χ4v) is 1.81. The van der Waals surface area contributed by atoms with E-state index in [0.717, 1.165) is 0 Å². The molecule has 0 saturated carbocycles. The van der Waals surface area contributed by atoms with E-state index in [4.69, 9.17) is 4.74 Å². The Morgan fingerprint density at radius 1 is 1.33 bits per heavy atom. The molecular formula is C15H16FN3O2. The molecular weight excluding hydrogens is 273 g/mol. The number of hydrogen-bond donors (Lipinski definition) is 1. The van der Waals surface area contributed by atoms with Crippen LogP contribution in [0, 0.1) is 5.82 Å². The van der Waals surface area contributed by atoms with Gasteiger partial charge >= 0.3 is 0 Å². The van der Waals surface area contributed by atoms with Crippen LogP contribution in [0.3, 0.4) is 0 Å². The summed E-state index contributed by atoms with van der Waals surface area (Å²) in [5.74, 6) is -0.672. The third-order valence-electron chi connectivity index (χ3n) is 2.96. The first-order valence-corrected chi connectivity index (χ1v) is 6.29. The number of benzene rings is 1. The average Bonchev–Trinajstić information content (AvgIpc) is 2.47. The summed E-state index contributed by atoms with van der Waals surface area (Å²) in [5, 5.41) is 2.59. The number of methoxy groups -OCH3 is 1. The first-order chi connectivity index (χ1) is 10.0.